The quantitative estimate of drug-likeness (QED) is 0.625. The van der Waals surface area contributed by atoms with Crippen molar-refractivity contribution in [3.8, 4) is 6.01 Å². The van der Waals surface area contributed by atoms with E-state index in [4.69, 9.17) is 4.74 Å². The van der Waals surface area contributed by atoms with Crippen molar-refractivity contribution >= 4 is 11.6 Å². The van der Waals surface area contributed by atoms with Crippen molar-refractivity contribution in [3.05, 3.63) is 57.9 Å². The molecule has 8 heteroatoms. The number of aryl methyl sites for hydroxylation is 1. The molecule has 1 amide bonds. The lowest BCUT2D eigenvalue weighted by Gasteiger charge is -2.31. The first-order valence-electron chi connectivity index (χ1n) is 8.02. The fourth-order valence-corrected chi connectivity index (χ4v) is 2.79. The molecule has 0 bridgehead atoms. The van der Waals surface area contributed by atoms with Gasteiger partial charge in [-0.2, -0.15) is 0 Å². The molecule has 0 saturated carbocycles. The Hall–Kier alpha value is -3.03. The Kier molecular flexibility index (Phi) is 4.87. The number of carbonyl (C=O) groups excluding carboxylic acids is 1. The van der Waals surface area contributed by atoms with E-state index in [2.05, 4.69) is 9.97 Å². The maximum Gasteiger partial charge on any atom is 0.316 e. The molecule has 0 radical (unpaired) electrons. The molecule has 0 unspecified atom stereocenters. The van der Waals surface area contributed by atoms with E-state index in [9.17, 15) is 14.9 Å². The molecule has 1 aliphatic rings. The van der Waals surface area contributed by atoms with Crippen molar-refractivity contribution in [1.82, 2.24) is 14.9 Å². The van der Waals surface area contributed by atoms with E-state index < -0.39 is 4.92 Å². The minimum absolute atomic E-state index is 0.0368. The third-order valence-electron chi connectivity index (χ3n) is 4.20. The van der Waals surface area contributed by atoms with Crippen LogP contribution in [0.2, 0.25) is 0 Å². The van der Waals surface area contributed by atoms with Gasteiger partial charge >= 0.3 is 6.01 Å². The number of piperidine rings is 1. The minimum atomic E-state index is -0.466. The molecule has 8 nitrogen and oxygen atoms in total. The number of carbonyl (C=O) groups is 1. The Morgan fingerprint density at radius 1 is 1.28 bits per heavy atom. The highest BCUT2D eigenvalue weighted by atomic mass is 16.6. The Balaban J connectivity index is 1.62. The average Bonchev–Trinajstić information content (AvgIpc) is 2.63. The van der Waals surface area contributed by atoms with Crippen LogP contribution < -0.4 is 4.74 Å². The smallest absolute Gasteiger partial charge is 0.316 e. The molecule has 1 saturated heterocycles. The van der Waals surface area contributed by atoms with Gasteiger partial charge in [-0.25, -0.2) is 9.97 Å². The van der Waals surface area contributed by atoms with Crippen LogP contribution in [-0.2, 0) is 0 Å². The largest absolute Gasteiger partial charge is 0.460 e. The number of nitro groups is 1. The van der Waals surface area contributed by atoms with E-state index in [-0.39, 0.29) is 17.7 Å². The molecule has 0 spiro atoms. The van der Waals surface area contributed by atoms with Crippen LogP contribution in [-0.4, -0.2) is 44.9 Å². The van der Waals surface area contributed by atoms with Gasteiger partial charge < -0.3 is 9.64 Å². The molecule has 130 valence electrons. The number of rotatable bonds is 4. The summed E-state index contributed by atoms with van der Waals surface area (Å²) in [6.45, 7) is 2.71. The first-order chi connectivity index (χ1) is 12.0. The first-order valence-corrected chi connectivity index (χ1v) is 8.02. The van der Waals surface area contributed by atoms with Crippen LogP contribution in [0.25, 0.3) is 0 Å². The predicted molar refractivity (Wildman–Crippen MR) is 89.4 cm³/mol. The molecule has 3 rings (SSSR count). The lowest BCUT2D eigenvalue weighted by atomic mass is 10.0. The van der Waals surface area contributed by atoms with E-state index in [1.807, 2.05) is 0 Å². The number of nitro benzene ring substituents is 1. The Bertz CT molecular complexity index is 773. The predicted octanol–water partition coefficient (Wildman–Crippen LogP) is 2.38. The molecule has 2 aromatic rings. The number of hydrogen-bond acceptors (Lipinski definition) is 6. The number of benzene rings is 1. The lowest BCUT2D eigenvalue weighted by molar-refractivity contribution is -0.385. The summed E-state index contributed by atoms with van der Waals surface area (Å²) < 4.78 is 5.71. The SMILES string of the molecule is Cc1ccc(C(=O)N2CCC(Oc3ncccn3)CC2)cc1[N+](=O)[O-]. The lowest BCUT2D eigenvalue weighted by Crippen LogP contribution is -2.42. The van der Waals surface area contributed by atoms with Crippen molar-refractivity contribution in [2.75, 3.05) is 13.1 Å². The molecule has 0 aliphatic carbocycles. The highest BCUT2D eigenvalue weighted by Gasteiger charge is 2.26. The van der Waals surface area contributed by atoms with Crippen LogP contribution in [0.15, 0.2) is 36.7 Å². The van der Waals surface area contributed by atoms with Crippen molar-refractivity contribution in [3.63, 3.8) is 0 Å². The maximum absolute atomic E-state index is 12.6. The molecule has 1 fully saturated rings. The normalized spacial score (nSPS) is 15.0. The van der Waals surface area contributed by atoms with Gasteiger partial charge in [-0.15, -0.1) is 0 Å². The number of hydrogen-bond donors (Lipinski definition) is 0. The van der Waals surface area contributed by atoms with Crippen LogP contribution in [0, 0.1) is 17.0 Å². The first kappa shape index (κ1) is 16.8. The highest BCUT2D eigenvalue weighted by Crippen LogP contribution is 2.22. The van der Waals surface area contributed by atoms with Crippen LogP contribution >= 0.6 is 0 Å². The molecule has 1 aromatic heterocycles. The summed E-state index contributed by atoms with van der Waals surface area (Å²) in [7, 11) is 0. The van der Waals surface area contributed by atoms with Crippen LogP contribution in [0.3, 0.4) is 0 Å². The number of nitrogens with zero attached hydrogens (tertiary/aromatic N) is 4. The molecule has 25 heavy (non-hydrogen) atoms. The van der Waals surface area contributed by atoms with Gasteiger partial charge in [0.05, 0.1) is 4.92 Å². The Labute approximate surface area is 144 Å². The zero-order valence-corrected chi connectivity index (χ0v) is 13.8. The van der Waals surface area contributed by atoms with Crippen LogP contribution in [0.4, 0.5) is 5.69 Å². The van der Waals surface area contributed by atoms with Gasteiger partial charge in [0.2, 0.25) is 0 Å². The van der Waals surface area contributed by atoms with E-state index in [1.54, 1.807) is 42.4 Å². The zero-order chi connectivity index (χ0) is 17.8. The Morgan fingerprint density at radius 2 is 1.96 bits per heavy atom. The summed E-state index contributed by atoms with van der Waals surface area (Å²) in [5, 5.41) is 11.0. The molecular formula is C17H18N4O4. The molecule has 1 aliphatic heterocycles. The summed E-state index contributed by atoms with van der Waals surface area (Å²) in [5.41, 5.74) is 0.838. The summed E-state index contributed by atoms with van der Waals surface area (Å²) >= 11 is 0. The molecule has 0 N–H and O–H groups in total. The molecule has 0 atom stereocenters. The molecular weight excluding hydrogens is 324 g/mol. The second-order valence-electron chi connectivity index (χ2n) is 5.90. The van der Waals surface area contributed by atoms with Gasteiger partial charge in [0.1, 0.15) is 6.10 Å². The fraction of sp³-hybridized carbons (Fsp3) is 0.353. The maximum atomic E-state index is 12.6. The average molecular weight is 342 g/mol. The van der Waals surface area contributed by atoms with E-state index >= 15 is 0 Å². The van der Waals surface area contributed by atoms with Crippen LogP contribution in [0.5, 0.6) is 6.01 Å². The molecule has 2 heterocycles. The van der Waals surface area contributed by atoms with Crippen molar-refractivity contribution in [2.24, 2.45) is 0 Å². The van der Waals surface area contributed by atoms with Gasteiger partial charge in [-0.1, -0.05) is 6.07 Å². The second-order valence-corrected chi connectivity index (χ2v) is 5.90. The van der Waals surface area contributed by atoms with Gasteiger partial charge in [-0.05, 0) is 19.1 Å². The topological polar surface area (TPSA) is 98.5 Å². The summed E-state index contributed by atoms with van der Waals surface area (Å²) in [4.78, 5) is 32.9. The standard InChI is InChI=1S/C17H18N4O4/c1-12-3-4-13(11-15(12)21(23)24)16(22)20-9-5-14(6-10-20)25-17-18-7-2-8-19-17/h2-4,7-8,11,14H,5-6,9-10H2,1H3. The zero-order valence-electron chi connectivity index (χ0n) is 13.8. The fourth-order valence-electron chi connectivity index (χ4n) is 2.79. The third-order valence-corrected chi connectivity index (χ3v) is 4.20. The molecule has 1 aromatic carbocycles. The Morgan fingerprint density at radius 3 is 2.60 bits per heavy atom. The van der Waals surface area contributed by atoms with Crippen molar-refractivity contribution in [1.29, 1.82) is 0 Å². The number of amides is 1. The van der Waals surface area contributed by atoms with Gasteiger partial charge in [0.15, 0.2) is 0 Å². The summed E-state index contributed by atoms with van der Waals surface area (Å²) in [6.07, 6.45) is 4.52. The monoisotopic (exact) mass is 342 g/mol. The highest BCUT2D eigenvalue weighted by molar-refractivity contribution is 5.95. The number of aromatic nitrogens is 2. The van der Waals surface area contributed by atoms with E-state index in [0.29, 0.717) is 43.1 Å². The second kappa shape index (κ2) is 7.25. The van der Waals surface area contributed by atoms with Gasteiger partial charge in [0, 0.05) is 55.5 Å². The van der Waals surface area contributed by atoms with E-state index in [1.165, 1.54) is 6.07 Å². The minimum Gasteiger partial charge on any atom is -0.460 e. The number of ether oxygens (including phenoxy) is 1. The van der Waals surface area contributed by atoms with Crippen LogP contribution in [0.1, 0.15) is 28.8 Å². The third kappa shape index (κ3) is 3.90. The van der Waals surface area contributed by atoms with Crippen molar-refractivity contribution < 1.29 is 14.5 Å². The van der Waals surface area contributed by atoms with Gasteiger partial charge in [0.25, 0.3) is 11.6 Å². The summed E-state index contributed by atoms with van der Waals surface area (Å²) in [6, 6.07) is 6.63. The van der Waals surface area contributed by atoms with Crippen molar-refractivity contribution in [2.45, 2.75) is 25.9 Å². The number of likely N-dealkylation sites (tertiary alicyclic amines) is 1. The summed E-state index contributed by atoms with van der Waals surface area (Å²) in [5.74, 6) is -0.197. The van der Waals surface area contributed by atoms with Gasteiger partial charge in [-0.3, -0.25) is 14.9 Å². The van der Waals surface area contributed by atoms with E-state index in [0.717, 1.165) is 0 Å².